The van der Waals surface area contributed by atoms with E-state index in [0.717, 1.165) is 12.8 Å². The lowest BCUT2D eigenvalue weighted by Gasteiger charge is -2.21. The highest BCUT2D eigenvalue weighted by Crippen LogP contribution is 2.28. The zero-order valence-corrected chi connectivity index (χ0v) is 11.3. The van der Waals surface area contributed by atoms with E-state index in [9.17, 15) is 14.4 Å². The van der Waals surface area contributed by atoms with E-state index in [1.165, 1.54) is 0 Å². The summed E-state index contributed by atoms with van der Waals surface area (Å²) in [7, 11) is 0. The summed E-state index contributed by atoms with van der Waals surface area (Å²) >= 11 is 0. The number of rotatable bonds is 3. The van der Waals surface area contributed by atoms with Crippen molar-refractivity contribution in [2.24, 2.45) is 11.3 Å². The van der Waals surface area contributed by atoms with Gasteiger partial charge in [0, 0.05) is 11.3 Å². The van der Waals surface area contributed by atoms with Crippen LogP contribution >= 0.6 is 0 Å². The molecule has 1 fully saturated rings. The summed E-state index contributed by atoms with van der Waals surface area (Å²) in [5.74, 6) is -0.775. The molecule has 1 aliphatic carbocycles. The van der Waals surface area contributed by atoms with Crippen molar-refractivity contribution < 1.29 is 14.4 Å². The summed E-state index contributed by atoms with van der Waals surface area (Å²) in [6.45, 7) is 6.87. The van der Waals surface area contributed by atoms with Gasteiger partial charge in [0.15, 0.2) is 0 Å². The van der Waals surface area contributed by atoms with Gasteiger partial charge in [0.25, 0.3) is 5.91 Å². The van der Waals surface area contributed by atoms with Crippen LogP contribution in [0.2, 0.25) is 0 Å². The lowest BCUT2D eigenvalue weighted by Crippen LogP contribution is -2.53. The van der Waals surface area contributed by atoms with Gasteiger partial charge in [0.2, 0.25) is 11.8 Å². The van der Waals surface area contributed by atoms with Gasteiger partial charge in [-0.25, -0.2) is 0 Å². The van der Waals surface area contributed by atoms with Crippen LogP contribution in [0.15, 0.2) is 0 Å². The van der Waals surface area contributed by atoms with Crippen molar-refractivity contribution >= 4 is 17.7 Å². The van der Waals surface area contributed by atoms with Crippen molar-refractivity contribution in [2.75, 3.05) is 0 Å². The fraction of sp³-hybridized carbons (Fsp3) is 0.750. The lowest BCUT2D eigenvalue weighted by atomic mass is 9.95. The summed E-state index contributed by atoms with van der Waals surface area (Å²) in [4.78, 5) is 34.6. The van der Waals surface area contributed by atoms with E-state index in [0.29, 0.717) is 0 Å². The van der Waals surface area contributed by atoms with Gasteiger partial charge in [-0.15, -0.1) is 0 Å². The Labute approximate surface area is 107 Å². The molecule has 3 amide bonds. The molecule has 6 nitrogen and oxygen atoms in total. The fourth-order valence-electron chi connectivity index (χ4n) is 1.16. The van der Waals surface area contributed by atoms with Crippen LogP contribution in [-0.4, -0.2) is 23.8 Å². The molecule has 0 aliphatic heterocycles. The molecule has 0 aromatic rings. The van der Waals surface area contributed by atoms with Gasteiger partial charge in [-0.1, -0.05) is 20.8 Å². The molecule has 0 radical (unpaired) electrons. The highest BCUT2D eigenvalue weighted by atomic mass is 16.2. The molecule has 1 rings (SSSR count). The molecule has 1 aliphatic rings. The SMILES string of the molecule is CC(NC(=O)C(C)(C)C)C(=O)NNC(=O)C1CC1. The molecular weight excluding hydrogens is 234 g/mol. The molecule has 0 aromatic carbocycles. The molecule has 6 heteroatoms. The number of hydrazine groups is 1. The monoisotopic (exact) mass is 255 g/mol. The minimum atomic E-state index is -0.684. The summed E-state index contributed by atoms with van der Waals surface area (Å²) in [6.07, 6.45) is 1.75. The van der Waals surface area contributed by atoms with E-state index in [2.05, 4.69) is 16.2 Å². The highest BCUT2D eigenvalue weighted by Gasteiger charge is 2.30. The molecule has 0 heterocycles. The molecule has 102 valence electrons. The maximum Gasteiger partial charge on any atom is 0.260 e. The molecular formula is C12H21N3O3. The number of nitrogens with one attached hydrogen (secondary N) is 3. The van der Waals surface area contributed by atoms with Crippen molar-refractivity contribution in [3.63, 3.8) is 0 Å². The highest BCUT2D eigenvalue weighted by molar-refractivity contribution is 5.90. The molecule has 0 spiro atoms. The third-order valence-electron chi connectivity index (χ3n) is 2.68. The number of carbonyl (C=O) groups is 3. The van der Waals surface area contributed by atoms with Crippen LogP contribution < -0.4 is 16.2 Å². The third kappa shape index (κ3) is 4.35. The molecule has 1 saturated carbocycles. The van der Waals surface area contributed by atoms with Crippen molar-refractivity contribution in [1.29, 1.82) is 0 Å². The van der Waals surface area contributed by atoms with Gasteiger partial charge in [0.1, 0.15) is 6.04 Å². The minimum absolute atomic E-state index is 0.0322. The first-order valence-corrected chi connectivity index (χ1v) is 6.12. The Balaban J connectivity index is 2.32. The molecule has 3 N–H and O–H groups in total. The second-order valence-corrected chi connectivity index (χ2v) is 5.70. The Morgan fingerprint density at radius 2 is 1.67 bits per heavy atom. The standard InChI is InChI=1S/C12H21N3O3/c1-7(13-11(18)12(2,3)4)9(16)14-15-10(17)8-5-6-8/h7-8H,5-6H2,1-4H3,(H,13,18)(H,14,16)(H,15,17). The predicted molar refractivity (Wildman–Crippen MR) is 66.1 cm³/mol. The van der Waals surface area contributed by atoms with Gasteiger partial charge in [-0.3, -0.25) is 25.2 Å². The van der Waals surface area contributed by atoms with Gasteiger partial charge in [-0.2, -0.15) is 0 Å². The molecule has 18 heavy (non-hydrogen) atoms. The van der Waals surface area contributed by atoms with Crippen molar-refractivity contribution in [3.05, 3.63) is 0 Å². The third-order valence-corrected chi connectivity index (χ3v) is 2.68. The van der Waals surface area contributed by atoms with E-state index >= 15 is 0 Å². The Morgan fingerprint density at radius 3 is 2.11 bits per heavy atom. The number of carbonyl (C=O) groups excluding carboxylic acids is 3. The first-order chi connectivity index (χ1) is 8.21. The Morgan fingerprint density at radius 1 is 1.11 bits per heavy atom. The summed E-state index contributed by atoms with van der Waals surface area (Å²) in [5.41, 5.74) is 4.10. The molecule has 1 unspecified atom stereocenters. The quantitative estimate of drug-likeness (QED) is 0.625. The van der Waals surface area contributed by atoms with Crippen molar-refractivity contribution in [2.45, 2.75) is 46.6 Å². The van der Waals surface area contributed by atoms with Gasteiger partial charge >= 0.3 is 0 Å². The molecule has 0 aromatic heterocycles. The maximum absolute atomic E-state index is 11.7. The van der Waals surface area contributed by atoms with Crippen molar-refractivity contribution in [3.8, 4) is 0 Å². The van der Waals surface area contributed by atoms with Crippen LogP contribution in [0.4, 0.5) is 0 Å². The molecule has 0 bridgehead atoms. The average molecular weight is 255 g/mol. The lowest BCUT2D eigenvalue weighted by molar-refractivity contribution is -0.134. The predicted octanol–water partition coefficient (Wildman–Crippen LogP) is 0.0946. The topological polar surface area (TPSA) is 87.3 Å². The van der Waals surface area contributed by atoms with Crippen LogP contribution in [0.25, 0.3) is 0 Å². The largest absolute Gasteiger partial charge is 0.344 e. The molecule has 1 atom stereocenters. The number of hydrogen-bond donors (Lipinski definition) is 3. The summed E-state index contributed by atoms with van der Waals surface area (Å²) in [6, 6.07) is -0.684. The second kappa shape index (κ2) is 5.37. The van der Waals surface area contributed by atoms with Gasteiger partial charge < -0.3 is 5.32 Å². The number of amides is 3. The summed E-state index contributed by atoms with van der Waals surface area (Å²) in [5, 5.41) is 2.59. The summed E-state index contributed by atoms with van der Waals surface area (Å²) < 4.78 is 0. The zero-order chi connectivity index (χ0) is 13.9. The fourth-order valence-corrected chi connectivity index (χ4v) is 1.16. The first kappa shape index (κ1) is 14.5. The van der Waals surface area contributed by atoms with E-state index in [1.807, 2.05) is 0 Å². The Hall–Kier alpha value is -1.59. The second-order valence-electron chi connectivity index (χ2n) is 5.70. The number of hydrogen-bond acceptors (Lipinski definition) is 3. The van der Waals surface area contributed by atoms with Crippen LogP contribution in [-0.2, 0) is 14.4 Å². The molecule has 0 saturated heterocycles. The van der Waals surface area contributed by atoms with Crippen LogP contribution in [0, 0.1) is 11.3 Å². The van der Waals surface area contributed by atoms with E-state index in [4.69, 9.17) is 0 Å². The van der Waals surface area contributed by atoms with Gasteiger partial charge in [-0.05, 0) is 19.8 Å². The van der Waals surface area contributed by atoms with Crippen LogP contribution in [0.1, 0.15) is 40.5 Å². The van der Waals surface area contributed by atoms with E-state index in [-0.39, 0.29) is 17.7 Å². The minimum Gasteiger partial charge on any atom is -0.344 e. The van der Waals surface area contributed by atoms with Gasteiger partial charge in [0.05, 0.1) is 0 Å². The Kier molecular flexibility index (Phi) is 4.32. The first-order valence-electron chi connectivity index (χ1n) is 6.12. The van der Waals surface area contributed by atoms with Crippen LogP contribution in [0.5, 0.6) is 0 Å². The normalized spacial score (nSPS) is 16.7. The van der Waals surface area contributed by atoms with Crippen LogP contribution in [0.3, 0.4) is 0 Å². The van der Waals surface area contributed by atoms with E-state index < -0.39 is 17.4 Å². The average Bonchev–Trinajstić information content (AvgIpc) is 3.07. The van der Waals surface area contributed by atoms with E-state index in [1.54, 1.807) is 27.7 Å². The Bertz CT molecular complexity index is 356. The smallest absolute Gasteiger partial charge is 0.260 e. The van der Waals surface area contributed by atoms with Crippen molar-refractivity contribution in [1.82, 2.24) is 16.2 Å². The maximum atomic E-state index is 11.7. The zero-order valence-electron chi connectivity index (χ0n) is 11.3.